The van der Waals surface area contributed by atoms with Crippen LogP contribution in [0.5, 0.6) is 0 Å². The van der Waals surface area contributed by atoms with Crippen LogP contribution < -0.4 is 4.90 Å². The van der Waals surface area contributed by atoms with E-state index in [1.165, 1.54) is 12.1 Å². The number of pyridine rings is 1. The molecule has 0 spiro atoms. The van der Waals surface area contributed by atoms with Gasteiger partial charge in [0.05, 0.1) is 0 Å². The van der Waals surface area contributed by atoms with Crippen LogP contribution >= 0.6 is 0 Å². The van der Waals surface area contributed by atoms with Crippen molar-refractivity contribution in [1.82, 2.24) is 14.9 Å². The minimum absolute atomic E-state index is 0.0148. The van der Waals surface area contributed by atoms with Gasteiger partial charge in [-0.15, -0.1) is 0 Å². The van der Waals surface area contributed by atoms with Gasteiger partial charge in [-0.1, -0.05) is 18.2 Å². The first-order chi connectivity index (χ1) is 12.7. The highest BCUT2D eigenvalue weighted by Crippen LogP contribution is 2.22. The number of anilines is 1. The van der Waals surface area contributed by atoms with Crippen LogP contribution in [0.15, 0.2) is 60.9 Å². The van der Waals surface area contributed by atoms with Crippen LogP contribution in [0.25, 0.3) is 11.1 Å². The van der Waals surface area contributed by atoms with Crippen molar-refractivity contribution in [1.29, 1.82) is 0 Å². The van der Waals surface area contributed by atoms with Crippen LogP contribution in [0.3, 0.4) is 0 Å². The number of H-pyrrole nitrogens is 1. The zero-order chi connectivity index (χ0) is 17.9. The maximum atomic E-state index is 13.1. The maximum absolute atomic E-state index is 13.1. The predicted molar refractivity (Wildman–Crippen MR) is 98.5 cm³/mol. The summed E-state index contributed by atoms with van der Waals surface area (Å²) in [6.45, 7) is 2.82. The number of carbonyl (C=O) groups excluding carboxylic acids is 1. The summed E-state index contributed by atoms with van der Waals surface area (Å²) in [6, 6.07) is 13.9. The van der Waals surface area contributed by atoms with E-state index in [-0.39, 0.29) is 11.7 Å². The average Bonchev–Trinajstić information content (AvgIpc) is 3.19. The van der Waals surface area contributed by atoms with Gasteiger partial charge in [-0.3, -0.25) is 4.79 Å². The molecular formula is C20H19FN4O. The number of amides is 1. The van der Waals surface area contributed by atoms with E-state index in [0.29, 0.717) is 18.8 Å². The fraction of sp³-hybridized carbons (Fsp3) is 0.200. The van der Waals surface area contributed by atoms with Crippen molar-refractivity contribution in [3.05, 3.63) is 72.4 Å². The van der Waals surface area contributed by atoms with Crippen molar-refractivity contribution >= 4 is 11.7 Å². The largest absolute Gasteiger partial charge is 0.357 e. The summed E-state index contributed by atoms with van der Waals surface area (Å²) in [4.78, 5) is 24.2. The minimum Gasteiger partial charge on any atom is -0.357 e. The topological polar surface area (TPSA) is 52.2 Å². The van der Waals surface area contributed by atoms with E-state index in [9.17, 15) is 9.18 Å². The molecule has 132 valence electrons. The number of hydrogen-bond acceptors (Lipinski definition) is 3. The van der Waals surface area contributed by atoms with Gasteiger partial charge in [0.15, 0.2) is 0 Å². The average molecular weight is 350 g/mol. The lowest BCUT2D eigenvalue weighted by Crippen LogP contribution is -2.49. The second kappa shape index (κ2) is 7.00. The van der Waals surface area contributed by atoms with E-state index in [1.807, 2.05) is 29.2 Å². The summed E-state index contributed by atoms with van der Waals surface area (Å²) < 4.78 is 13.1. The molecule has 0 saturated carbocycles. The molecule has 26 heavy (non-hydrogen) atoms. The summed E-state index contributed by atoms with van der Waals surface area (Å²) in [5, 5.41) is 0. The van der Waals surface area contributed by atoms with Crippen LogP contribution in [-0.2, 0) is 0 Å². The van der Waals surface area contributed by atoms with Gasteiger partial charge >= 0.3 is 0 Å². The van der Waals surface area contributed by atoms with Gasteiger partial charge < -0.3 is 14.8 Å². The second-order valence-electron chi connectivity index (χ2n) is 6.28. The van der Waals surface area contributed by atoms with Crippen molar-refractivity contribution in [2.45, 2.75) is 0 Å². The standard InChI is InChI=1S/C20H19FN4O/c21-17-6-4-15(5-7-17)16-13-18(23-14-16)20(26)25-11-9-24(10-12-25)19-3-1-2-8-22-19/h1-8,13-14,23H,9-12H2. The Bertz CT molecular complexity index is 884. The first-order valence-electron chi connectivity index (χ1n) is 8.60. The van der Waals surface area contributed by atoms with Crippen molar-refractivity contribution in [3.8, 4) is 11.1 Å². The monoisotopic (exact) mass is 350 g/mol. The second-order valence-corrected chi connectivity index (χ2v) is 6.28. The lowest BCUT2D eigenvalue weighted by molar-refractivity contribution is 0.0741. The number of halogens is 1. The van der Waals surface area contributed by atoms with E-state index in [4.69, 9.17) is 0 Å². The summed E-state index contributed by atoms with van der Waals surface area (Å²) in [7, 11) is 0. The third-order valence-electron chi connectivity index (χ3n) is 4.63. The van der Waals surface area contributed by atoms with E-state index < -0.39 is 0 Å². The molecule has 1 fully saturated rings. The molecule has 2 aromatic heterocycles. The predicted octanol–water partition coefficient (Wildman–Crippen LogP) is 3.18. The van der Waals surface area contributed by atoms with E-state index in [2.05, 4.69) is 14.9 Å². The summed E-state index contributed by atoms with van der Waals surface area (Å²) >= 11 is 0. The van der Waals surface area contributed by atoms with Crippen molar-refractivity contribution in [2.24, 2.45) is 0 Å². The number of carbonyl (C=O) groups is 1. The zero-order valence-corrected chi connectivity index (χ0v) is 14.2. The number of aromatic amines is 1. The zero-order valence-electron chi connectivity index (χ0n) is 14.2. The molecule has 6 heteroatoms. The van der Waals surface area contributed by atoms with Gasteiger partial charge in [-0.2, -0.15) is 0 Å². The van der Waals surface area contributed by atoms with Crippen molar-refractivity contribution in [2.75, 3.05) is 31.1 Å². The Hall–Kier alpha value is -3.15. The Balaban J connectivity index is 1.42. The first-order valence-corrected chi connectivity index (χ1v) is 8.60. The summed E-state index contributed by atoms with van der Waals surface area (Å²) in [5.74, 6) is 0.656. The lowest BCUT2D eigenvalue weighted by Gasteiger charge is -2.35. The molecule has 1 aliphatic rings. The summed E-state index contributed by atoms with van der Waals surface area (Å²) in [6.07, 6.45) is 3.56. The molecule has 1 amide bonds. The maximum Gasteiger partial charge on any atom is 0.270 e. The number of hydrogen-bond donors (Lipinski definition) is 1. The van der Waals surface area contributed by atoms with Crippen molar-refractivity contribution < 1.29 is 9.18 Å². The van der Waals surface area contributed by atoms with E-state index in [0.717, 1.165) is 30.0 Å². The highest BCUT2D eigenvalue weighted by Gasteiger charge is 2.23. The Morgan fingerprint density at radius 2 is 1.77 bits per heavy atom. The highest BCUT2D eigenvalue weighted by molar-refractivity contribution is 5.94. The Kier molecular flexibility index (Phi) is 4.39. The molecule has 3 aromatic rings. The molecule has 1 aromatic carbocycles. The molecule has 0 unspecified atom stereocenters. The van der Waals surface area contributed by atoms with Crippen LogP contribution in [0, 0.1) is 5.82 Å². The molecule has 0 bridgehead atoms. The third kappa shape index (κ3) is 3.31. The highest BCUT2D eigenvalue weighted by atomic mass is 19.1. The quantitative estimate of drug-likeness (QED) is 0.789. The van der Waals surface area contributed by atoms with Gasteiger partial charge in [0.1, 0.15) is 17.3 Å². The van der Waals surface area contributed by atoms with Crippen LogP contribution in [0.4, 0.5) is 10.2 Å². The third-order valence-corrected chi connectivity index (χ3v) is 4.63. The van der Waals surface area contributed by atoms with Crippen LogP contribution in [0.2, 0.25) is 0 Å². The van der Waals surface area contributed by atoms with Gasteiger partial charge in [-0.05, 0) is 41.5 Å². The van der Waals surface area contributed by atoms with E-state index >= 15 is 0 Å². The van der Waals surface area contributed by atoms with Crippen LogP contribution in [-0.4, -0.2) is 47.0 Å². The Morgan fingerprint density at radius 1 is 1.00 bits per heavy atom. The summed E-state index contributed by atoms with van der Waals surface area (Å²) in [5.41, 5.74) is 2.30. The number of nitrogens with one attached hydrogen (secondary N) is 1. The van der Waals surface area contributed by atoms with Crippen LogP contribution in [0.1, 0.15) is 10.5 Å². The number of nitrogens with zero attached hydrogens (tertiary/aromatic N) is 3. The molecular weight excluding hydrogens is 331 g/mol. The molecule has 0 aliphatic carbocycles. The number of benzene rings is 1. The number of piperazine rings is 1. The molecule has 0 atom stereocenters. The molecule has 5 nitrogen and oxygen atoms in total. The molecule has 1 N–H and O–H groups in total. The van der Waals surface area contributed by atoms with Gasteiger partial charge in [0.2, 0.25) is 0 Å². The first kappa shape index (κ1) is 16.3. The minimum atomic E-state index is -0.272. The molecule has 4 rings (SSSR count). The molecule has 3 heterocycles. The molecule has 0 radical (unpaired) electrons. The van der Waals surface area contributed by atoms with Gasteiger partial charge in [0.25, 0.3) is 5.91 Å². The Labute approximate surface area is 151 Å². The number of rotatable bonds is 3. The fourth-order valence-corrected chi connectivity index (χ4v) is 3.18. The fourth-order valence-electron chi connectivity index (χ4n) is 3.18. The smallest absolute Gasteiger partial charge is 0.270 e. The van der Waals surface area contributed by atoms with Crippen molar-refractivity contribution in [3.63, 3.8) is 0 Å². The SMILES string of the molecule is O=C(c1cc(-c2ccc(F)cc2)c[nH]1)N1CCN(c2ccccn2)CC1. The van der Waals surface area contributed by atoms with Gasteiger partial charge in [0, 0.05) is 38.6 Å². The molecule has 1 aliphatic heterocycles. The number of aromatic nitrogens is 2. The Morgan fingerprint density at radius 3 is 2.46 bits per heavy atom. The van der Waals surface area contributed by atoms with E-state index in [1.54, 1.807) is 24.5 Å². The lowest BCUT2D eigenvalue weighted by atomic mass is 10.1. The van der Waals surface area contributed by atoms with Gasteiger partial charge in [-0.25, -0.2) is 9.37 Å². The normalized spacial score (nSPS) is 14.5. The molecule has 1 saturated heterocycles.